The van der Waals surface area contributed by atoms with Crippen molar-refractivity contribution in [1.82, 2.24) is 34.9 Å². The van der Waals surface area contributed by atoms with E-state index < -0.39 is 11.7 Å². The number of H-pyrrole nitrogens is 1. The lowest BCUT2D eigenvalue weighted by molar-refractivity contribution is -0.137. The quantitative estimate of drug-likeness (QED) is 0.522. The number of aromatic nitrogens is 6. The predicted molar refractivity (Wildman–Crippen MR) is 107 cm³/mol. The number of halogens is 3. The van der Waals surface area contributed by atoms with Gasteiger partial charge in [0.2, 0.25) is 0 Å². The van der Waals surface area contributed by atoms with Crippen LogP contribution in [0, 0.1) is 0 Å². The molecule has 1 aliphatic rings. The molecule has 0 amide bonds. The van der Waals surface area contributed by atoms with Crippen LogP contribution in [0.3, 0.4) is 0 Å². The summed E-state index contributed by atoms with van der Waals surface area (Å²) in [5.74, 6) is 1.02. The minimum absolute atomic E-state index is 0.0658. The molecule has 5 rings (SSSR count). The maximum atomic E-state index is 13.2. The van der Waals surface area contributed by atoms with Crippen LogP contribution in [-0.4, -0.2) is 48.7 Å². The first kappa shape index (κ1) is 19.5. The van der Waals surface area contributed by atoms with Crippen LogP contribution in [0.2, 0.25) is 0 Å². The number of anilines is 1. The van der Waals surface area contributed by atoms with Gasteiger partial charge in [0.25, 0.3) is 0 Å². The van der Waals surface area contributed by atoms with Gasteiger partial charge in [0.15, 0.2) is 5.82 Å². The molecule has 0 radical (unpaired) electrons. The van der Waals surface area contributed by atoms with Crippen LogP contribution in [0.4, 0.5) is 19.0 Å². The standard InChI is InChI=1S/C20H19F3N8/c1-12-18(13-8-27-28-9-13)24-6-7-30(12)17-4-5-25-19(29-17)15-10-26-16-3-2-14(11-31(15)16)20(21,22)23/h2-5,8-12,18,24H,6-7H2,1H3,(H,27,28)/t12-,18+/m1/s1. The largest absolute Gasteiger partial charge is 0.417 e. The van der Waals surface area contributed by atoms with E-state index in [2.05, 4.69) is 42.3 Å². The number of fused-ring (bicyclic) bond motifs is 1. The number of aromatic amines is 1. The van der Waals surface area contributed by atoms with E-state index in [0.29, 0.717) is 23.0 Å². The number of pyridine rings is 1. The van der Waals surface area contributed by atoms with Gasteiger partial charge in [0.1, 0.15) is 17.2 Å². The van der Waals surface area contributed by atoms with Crippen molar-refractivity contribution in [2.45, 2.75) is 25.2 Å². The average Bonchev–Trinajstić information content (AvgIpc) is 3.43. The predicted octanol–water partition coefficient (Wildman–Crippen LogP) is 3.07. The number of rotatable bonds is 3. The molecule has 2 N–H and O–H groups in total. The van der Waals surface area contributed by atoms with Crippen molar-refractivity contribution >= 4 is 11.5 Å². The van der Waals surface area contributed by atoms with E-state index in [9.17, 15) is 13.2 Å². The molecule has 1 fully saturated rings. The molecule has 8 nitrogen and oxygen atoms in total. The Hall–Kier alpha value is -3.47. The molecule has 1 saturated heterocycles. The Balaban J connectivity index is 1.51. The molecular weight excluding hydrogens is 409 g/mol. The van der Waals surface area contributed by atoms with E-state index in [4.69, 9.17) is 0 Å². The van der Waals surface area contributed by atoms with E-state index in [0.717, 1.165) is 30.9 Å². The summed E-state index contributed by atoms with van der Waals surface area (Å²) in [6, 6.07) is 4.30. The molecular formula is C20H19F3N8. The molecule has 5 heterocycles. The number of piperazine rings is 1. The van der Waals surface area contributed by atoms with Crippen molar-refractivity contribution in [1.29, 1.82) is 0 Å². The van der Waals surface area contributed by atoms with Crippen LogP contribution in [-0.2, 0) is 6.18 Å². The molecule has 0 unspecified atom stereocenters. The third-order valence-electron chi connectivity index (χ3n) is 5.57. The summed E-state index contributed by atoms with van der Waals surface area (Å²) in [6.07, 6.45) is 3.34. The number of nitrogens with zero attached hydrogens (tertiary/aromatic N) is 6. The summed E-state index contributed by atoms with van der Waals surface area (Å²) in [5, 5.41) is 10.4. The minimum atomic E-state index is -4.45. The average molecular weight is 428 g/mol. The van der Waals surface area contributed by atoms with E-state index >= 15 is 0 Å². The lowest BCUT2D eigenvalue weighted by Crippen LogP contribution is -2.52. The Morgan fingerprint density at radius 1 is 1.13 bits per heavy atom. The Kier molecular flexibility index (Phi) is 4.62. The maximum absolute atomic E-state index is 13.2. The SMILES string of the molecule is C[C@@H]1[C@@H](c2cn[nH]c2)NCCN1c1ccnc(-c2cnc3ccc(C(F)(F)F)cn23)n1. The van der Waals surface area contributed by atoms with Gasteiger partial charge in [-0.15, -0.1) is 0 Å². The topological polar surface area (TPSA) is 87.0 Å². The molecule has 11 heteroatoms. The molecule has 4 aromatic rings. The second-order valence-corrected chi connectivity index (χ2v) is 7.42. The minimum Gasteiger partial charge on any atom is -0.351 e. The van der Waals surface area contributed by atoms with Crippen molar-refractivity contribution in [2.75, 3.05) is 18.0 Å². The first-order valence-corrected chi connectivity index (χ1v) is 9.78. The van der Waals surface area contributed by atoms with Gasteiger partial charge in [-0.3, -0.25) is 9.50 Å². The van der Waals surface area contributed by atoms with Gasteiger partial charge >= 0.3 is 6.18 Å². The Labute approximate surface area is 175 Å². The van der Waals surface area contributed by atoms with Crippen LogP contribution >= 0.6 is 0 Å². The second kappa shape index (κ2) is 7.34. The number of hydrogen-bond donors (Lipinski definition) is 2. The maximum Gasteiger partial charge on any atom is 0.417 e. The van der Waals surface area contributed by atoms with Crippen LogP contribution in [0.15, 0.2) is 49.2 Å². The molecule has 0 saturated carbocycles. The van der Waals surface area contributed by atoms with Crippen molar-refractivity contribution < 1.29 is 13.2 Å². The first-order chi connectivity index (χ1) is 14.9. The summed E-state index contributed by atoms with van der Waals surface area (Å²) in [5.41, 5.74) is 1.09. The zero-order chi connectivity index (χ0) is 21.6. The highest BCUT2D eigenvalue weighted by atomic mass is 19.4. The number of imidazole rings is 1. The van der Waals surface area contributed by atoms with Gasteiger partial charge in [-0.1, -0.05) is 0 Å². The van der Waals surface area contributed by atoms with Crippen molar-refractivity contribution in [3.8, 4) is 11.5 Å². The zero-order valence-electron chi connectivity index (χ0n) is 16.5. The summed E-state index contributed by atoms with van der Waals surface area (Å²) in [4.78, 5) is 15.3. The first-order valence-electron chi connectivity index (χ1n) is 9.78. The highest BCUT2D eigenvalue weighted by molar-refractivity contribution is 5.59. The summed E-state index contributed by atoms with van der Waals surface area (Å²) in [7, 11) is 0. The normalized spacial score (nSPS) is 19.8. The zero-order valence-corrected chi connectivity index (χ0v) is 16.5. The number of nitrogens with one attached hydrogen (secondary N) is 2. The fraction of sp³-hybridized carbons (Fsp3) is 0.300. The van der Waals surface area contributed by atoms with E-state index in [-0.39, 0.29) is 12.1 Å². The number of hydrogen-bond acceptors (Lipinski definition) is 6. The van der Waals surface area contributed by atoms with Crippen molar-refractivity contribution in [2.24, 2.45) is 0 Å². The summed E-state index contributed by atoms with van der Waals surface area (Å²) < 4.78 is 40.9. The van der Waals surface area contributed by atoms with Crippen molar-refractivity contribution in [3.63, 3.8) is 0 Å². The molecule has 2 atom stereocenters. The molecule has 31 heavy (non-hydrogen) atoms. The lowest BCUT2D eigenvalue weighted by atomic mass is 10.00. The monoisotopic (exact) mass is 428 g/mol. The van der Waals surface area contributed by atoms with Crippen LogP contribution in [0.1, 0.15) is 24.1 Å². The molecule has 4 aromatic heterocycles. The summed E-state index contributed by atoms with van der Waals surface area (Å²) >= 11 is 0. The third kappa shape index (κ3) is 3.50. The van der Waals surface area contributed by atoms with Gasteiger partial charge in [-0.25, -0.2) is 15.0 Å². The van der Waals surface area contributed by atoms with Gasteiger partial charge in [-0.05, 0) is 25.1 Å². The van der Waals surface area contributed by atoms with Gasteiger partial charge in [0, 0.05) is 43.3 Å². The molecule has 0 aromatic carbocycles. The smallest absolute Gasteiger partial charge is 0.351 e. The lowest BCUT2D eigenvalue weighted by Gasteiger charge is -2.40. The van der Waals surface area contributed by atoms with Crippen molar-refractivity contribution in [3.05, 3.63) is 60.3 Å². The molecule has 0 bridgehead atoms. The van der Waals surface area contributed by atoms with Crippen LogP contribution in [0.5, 0.6) is 0 Å². The van der Waals surface area contributed by atoms with E-state index in [1.165, 1.54) is 16.7 Å². The third-order valence-corrected chi connectivity index (χ3v) is 5.57. The fourth-order valence-electron chi connectivity index (χ4n) is 3.99. The Morgan fingerprint density at radius 2 is 2.00 bits per heavy atom. The Morgan fingerprint density at radius 3 is 2.77 bits per heavy atom. The molecule has 1 aliphatic heterocycles. The summed E-state index contributed by atoms with van der Waals surface area (Å²) in [6.45, 7) is 3.58. The second-order valence-electron chi connectivity index (χ2n) is 7.42. The fourth-order valence-corrected chi connectivity index (χ4v) is 3.99. The van der Waals surface area contributed by atoms with Gasteiger partial charge in [-0.2, -0.15) is 18.3 Å². The van der Waals surface area contributed by atoms with Gasteiger partial charge < -0.3 is 10.2 Å². The van der Waals surface area contributed by atoms with Crippen LogP contribution in [0.25, 0.3) is 17.2 Å². The van der Waals surface area contributed by atoms with Crippen LogP contribution < -0.4 is 10.2 Å². The molecule has 160 valence electrons. The van der Waals surface area contributed by atoms with Gasteiger partial charge in [0.05, 0.1) is 24.0 Å². The number of alkyl halides is 3. The molecule has 0 spiro atoms. The Bertz CT molecular complexity index is 1200. The van der Waals surface area contributed by atoms with E-state index in [1.807, 2.05) is 12.3 Å². The molecule has 0 aliphatic carbocycles. The highest BCUT2D eigenvalue weighted by Crippen LogP contribution is 2.31. The van der Waals surface area contributed by atoms with E-state index in [1.54, 1.807) is 12.4 Å². The highest BCUT2D eigenvalue weighted by Gasteiger charge is 2.32.